The first-order chi connectivity index (χ1) is 9.56. The smallest absolute Gasteiger partial charge is 0.304 e. The lowest BCUT2D eigenvalue weighted by Gasteiger charge is -2.51. The molecule has 0 aliphatic heterocycles. The minimum atomic E-state index is -0.687. The number of rotatable bonds is 3. The molecule has 0 unspecified atom stereocenters. The zero-order valence-electron chi connectivity index (χ0n) is 12.2. The highest BCUT2D eigenvalue weighted by Crippen LogP contribution is 2.54. The highest BCUT2D eigenvalue weighted by atomic mass is 16.5. The van der Waals surface area contributed by atoms with Crippen LogP contribution < -0.4 is 4.74 Å². The van der Waals surface area contributed by atoms with Crippen molar-refractivity contribution in [2.75, 3.05) is 7.11 Å². The van der Waals surface area contributed by atoms with E-state index < -0.39 is 5.97 Å². The van der Waals surface area contributed by atoms with Gasteiger partial charge in [0.2, 0.25) is 0 Å². The van der Waals surface area contributed by atoms with Crippen molar-refractivity contribution in [1.29, 1.82) is 0 Å². The molecule has 2 aliphatic rings. The standard InChI is InChI=1S/C17H22O3/c1-11-12-4-3-7-17(11,10-16(18)19)15-9-14(20-2)6-5-13(15)8-12/h5-6,9,11-12H,3-4,7-8,10H2,1-2H3,(H,18,19)/t11-,12+,17-/m1/s1. The van der Waals surface area contributed by atoms with Crippen molar-refractivity contribution < 1.29 is 14.6 Å². The van der Waals surface area contributed by atoms with Crippen LogP contribution in [0.15, 0.2) is 18.2 Å². The van der Waals surface area contributed by atoms with Crippen molar-refractivity contribution in [3.05, 3.63) is 29.3 Å². The lowest BCUT2D eigenvalue weighted by atomic mass is 9.52. The fourth-order valence-corrected chi connectivity index (χ4v) is 4.49. The Morgan fingerprint density at radius 2 is 2.30 bits per heavy atom. The summed E-state index contributed by atoms with van der Waals surface area (Å²) in [7, 11) is 1.67. The molecule has 0 radical (unpaired) electrons. The fourth-order valence-electron chi connectivity index (χ4n) is 4.49. The maximum atomic E-state index is 11.4. The van der Waals surface area contributed by atoms with Crippen LogP contribution in [0.4, 0.5) is 0 Å². The van der Waals surface area contributed by atoms with E-state index in [1.54, 1.807) is 7.11 Å². The molecule has 1 N–H and O–H groups in total. The second kappa shape index (κ2) is 4.80. The summed E-state index contributed by atoms with van der Waals surface area (Å²) in [5.41, 5.74) is 2.36. The summed E-state index contributed by atoms with van der Waals surface area (Å²) in [6.45, 7) is 2.25. The van der Waals surface area contributed by atoms with Crippen molar-refractivity contribution in [2.45, 2.75) is 44.4 Å². The number of carboxylic acids is 1. The van der Waals surface area contributed by atoms with Gasteiger partial charge in [-0.25, -0.2) is 0 Å². The van der Waals surface area contributed by atoms with Gasteiger partial charge in [-0.2, -0.15) is 0 Å². The van der Waals surface area contributed by atoms with Crippen LogP contribution in [0.3, 0.4) is 0 Å². The average molecular weight is 274 g/mol. The van der Waals surface area contributed by atoms with Crippen molar-refractivity contribution >= 4 is 5.97 Å². The first kappa shape index (κ1) is 13.5. The van der Waals surface area contributed by atoms with Crippen LogP contribution in [0.5, 0.6) is 5.75 Å². The van der Waals surface area contributed by atoms with Gasteiger partial charge in [0.05, 0.1) is 13.5 Å². The first-order valence-corrected chi connectivity index (χ1v) is 7.46. The van der Waals surface area contributed by atoms with E-state index >= 15 is 0 Å². The number of aliphatic carboxylic acids is 1. The van der Waals surface area contributed by atoms with E-state index in [2.05, 4.69) is 19.1 Å². The molecule has 1 aromatic carbocycles. The Morgan fingerprint density at radius 3 is 3.00 bits per heavy atom. The number of ether oxygens (including phenoxy) is 1. The van der Waals surface area contributed by atoms with Crippen LogP contribution in [-0.4, -0.2) is 18.2 Å². The zero-order valence-corrected chi connectivity index (χ0v) is 12.2. The molecule has 108 valence electrons. The molecule has 2 bridgehead atoms. The van der Waals surface area contributed by atoms with Crippen LogP contribution in [0.1, 0.15) is 43.7 Å². The van der Waals surface area contributed by atoms with Gasteiger partial charge in [0.15, 0.2) is 0 Å². The van der Waals surface area contributed by atoms with Gasteiger partial charge >= 0.3 is 5.97 Å². The van der Waals surface area contributed by atoms with Crippen LogP contribution in [0, 0.1) is 11.8 Å². The second-order valence-electron chi connectivity index (χ2n) is 6.39. The van der Waals surface area contributed by atoms with Crippen molar-refractivity contribution in [2.24, 2.45) is 11.8 Å². The second-order valence-corrected chi connectivity index (χ2v) is 6.39. The van der Waals surface area contributed by atoms with Crippen LogP contribution in [0.25, 0.3) is 0 Å². The lowest BCUT2D eigenvalue weighted by Crippen LogP contribution is -2.47. The molecule has 2 aliphatic carbocycles. The summed E-state index contributed by atoms with van der Waals surface area (Å²) < 4.78 is 5.36. The van der Waals surface area contributed by atoms with Gasteiger partial charge in [0.25, 0.3) is 0 Å². The Labute approximate surface area is 120 Å². The number of hydrogen-bond acceptors (Lipinski definition) is 2. The van der Waals surface area contributed by atoms with Gasteiger partial charge in [-0.3, -0.25) is 4.79 Å². The quantitative estimate of drug-likeness (QED) is 0.919. The number of fused-ring (bicyclic) bond motifs is 4. The summed E-state index contributed by atoms with van der Waals surface area (Å²) in [4.78, 5) is 11.4. The van der Waals surface area contributed by atoms with Crippen molar-refractivity contribution in [3.8, 4) is 5.75 Å². The molecule has 3 rings (SSSR count). The monoisotopic (exact) mass is 274 g/mol. The van der Waals surface area contributed by atoms with E-state index in [-0.39, 0.29) is 11.8 Å². The maximum Gasteiger partial charge on any atom is 0.304 e. The fraction of sp³-hybridized carbons (Fsp3) is 0.588. The largest absolute Gasteiger partial charge is 0.497 e. The number of methoxy groups -OCH3 is 1. The predicted molar refractivity (Wildman–Crippen MR) is 77.1 cm³/mol. The molecule has 0 amide bonds. The predicted octanol–water partition coefficient (Wildman–Crippen LogP) is 3.40. The molecule has 1 saturated carbocycles. The summed E-state index contributed by atoms with van der Waals surface area (Å²) in [5.74, 6) is 1.22. The molecule has 0 heterocycles. The minimum Gasteiger partial charge on any atom is -0.497 e. The molecular formula is C17H22O3. The molecule has 3 heteroatoms. The molecular weight excluding hydrogens is 252 g/mol. The lowest BCUT2D eigenvalue weighted by molar-refractivity contribution is -0.140. The van der Waals surface area contributed by atoms with Gasteiger partial charge in [-0.15, -0.1) is 0 Å². The van der Waals surface area contributed by atoms with Gasteiger partial charge in [-0.1, -0.05) is 19.4 Å². The number of carboxylic acid groups (broad SMARTS) is 1. The minimum absolute atomic E-state index is 0.198. The molecule has 3 nitrogen and oxygen atoms in total. The summed E-state index contributed by atoms with van der Waals surface area (Å²) in [6.07, 6.45) is 4.68. The van der Waals surface area contributed by atoms with Crippen molar-refractivity contribution in [1.82, 2.24) is 0 Å². The Bertz CT molecular complexity index is 537. The van der Waals surface area contributed by atoms with Crippen molar-refractivity contribution in [3.63, 3.8) is 0 Å². The molecule has 0 aromatic heterocycles. The van der Waals surface area contributed by atoms with E-state index in [1.165, 1.54) is 17.5 Å². The Kier molecular flexibility index (Phi) is 3.23. The number of hydrogen-bond donors (Lipinski definition) is 1. The van der Waals surface area contributed by atoms with Gasteiger partial charge in [0, 0.05) is 5.41 Å². The van der Waals surface area contributed by atoms with Gasteiger partial charge in [0.1, 0.15) is 5.75 Å². The molecule has 1 aromatic rings. The summed E-state index contributed by atoms with van der Waals surface area (Å²) in [6, 6.07) is 6.21. The van der Waals surface area contributed by atoms with Gasteiger partial charge < -0.3 is 9.84 Å². The molecule has 1 fully saturated rings. The van der Waals surface area contributed by atoms with Crippen LogP contribution in [0.2, 0.25) is 0 Å². The van der Waals surface area contributed by atoms with E-state index in [1.807, 2.05) is 6.07 Å². The average Bonchev–Trinajstić information content (AvgIpc) is 2.41. The molecule has 0 saturated heterocycles. The van der Waals surface area contributed by atoms with E-state index in [0.29, 0.717) is 11.8 Å². The summed E-state index contributed by atoms with van der Waals surface area (Å²) >= 11 is 0. The third-order valence-electron chi connectivity index (χ3n) is 5.58. The highest BCUT2D eigenvalue weighted by molar-refractivity contribution is 5.70. The number of carbonyl (C=O) groups is 1. The normalized spacial score (nSPS) is 31.5. The Morgan fingerprint density at radius 1 is 1.50 bits per heavy atom. The first-order valence-electron chi connectivity index (χ1n) is 7.46. The topological polar surface area (TPSA) is 46.5 Å². The molecule has 0 spiro atoms. The van der Waals surface area contributed by atoms with Gasteiger partial charge in [-0.05, 0) is 54.4 Å². The van der Waals surface area contributed by atoms with E-state index in [4.69, 9.17) is 4.74 Å². The third kappa shape index (κ3) is 1.91. The van der Waals surface area contributed by atoms with Crippen LogP contribution >= 0.6 is 0 Å². The Hall–Kier alpha value is -1.51. The molecule has 20 heavy (non-hydrogen) atoms. The third-order valence-corrected chi connectivity index (χ3v) is 5.58. The Balaban J connectivity index is 2.15. The van der Waals surface area contributed by atoms with E-state index in [9.17, 15) is 9.90 Å². The maximum absolute atomic E-state index is 11.4. The SMILES string of the molecule is COc1ccc2c(c1)[C@@]1(CC(=O)O)CCC[C@@H](C2)[C@H]1C. The highest BCUT2D eigenvalue weighted by Gasteiger charge is 2.49. The number of benzene rings is 1. The van der Waals surface area contributed by atoms with E-state index in [0.717, 1.165) is 25.0 Å². The molecule has 3 atom stereocenters. The zero-order chi connectivity index (χ0) is 14.3. The van der Waals surface area contributed by atoms with Crippen LogP contribution in [-0.2, 0) is 16.6 Å². The summed E-state index contributed by atoms with van der Waals surface area (Å²) in [5, 5.41) is 9.41.